The molecular formula is C24H25N3O3. The molecule has 1 heterocycles. The minimum atomic E-state index is -0.296. The standard InChI is InChI=1S/C24H25N3O3/c1-2-30-21-13-12-19(17-9-3-4-10-18(17)21)23(28)27-20-11-6-14-25-22(20)24(29)26-15-16-7-5-8-16/h3-4,6,9-14,16H,2,5,7-8,15H2,1H3,(H,26,29)(H,27,28). The number of hydrogen-bond donors (Lipinski definition) is 2. The number of carbonyl (C=O) groups is 2. The number of anilines is 1. The summed E-state index contributed by atoms with van der Waals surface area (Å²) < 4.78 is 5.69. The number of nitrogens with zero attached hydrogens (tertiary/aromatic N) is 1. The van der Waals surface area contributed by atoms with E-state index >= 15 is 0 Å². The molecule has 1 saturated carbocycles. The molecule has 0 radical (unpaired) electrons. The van der Waals surface area contributed by atoms with E-state index in [1.54, 1.807) is 30.5 Å². The van der Waals surface area contributed by atoms with Crippen LogP contribution in [0.4, 0.5) is 5.69 Å². The van der Waals surface area contributed by atoms with Gasteiger partial charge in [-0.1, -0.05) is 30.7 Å². The maximum absolute atomic E-state index is 13.1. The average molecular weight is 403 g/mol. The molecule has 1 aliphatic rings. The van der Waals surface area contributed by atoms with E-state index in [1.807, 2.05) is 31.2 Å². The largest absolute Gasteiger partial charge is 0.493 e. The smallest absolute Gasteiger partial charge is 0.272 e. The summed E-state index contributed by atoms with van der Waals surface area (Å²) in [6.07, 6.45) is 5.08. The summed E-state index contributed by atoms with van der Waals surface area (Å²) in [4.78, 5) is 29.9. The highest BCUT2D eigenvalue weighted by Gasteiger charge is 2.21. The summed E-state index contributed by atoms with van der Waals surface area (Å²) in [6.45, 7) is 3.12. The zero-order valence-corrected chi connectivity index (χ0v) is 17.0. The number of nitrogens with one attached hydrogen (secondary N) is 2. The highest BCUT2D eigenvalue weighted by atomic mass is 16.5. The van der Waals surface area contributed by atoms with Crippen LogP contribution in [0.2, 0.25) is 0 Å². The van der Waals surface area contributed by atoms with Crippen molar-refractivity contribution in [1.82, 2.24) is 10.3 Å². The van der Waals surface area contributed by atoms with Crippen LogP contribution in [-0.4, -0.2) is 29.9 Å². The molecule has 1 fully saturated rings. The fraction of sp³-hybridized carbons (Fsp3) is 0.292. The van der Waals surface area contributed by atoms with Crippen LogP contribution in [-0.2, 0) is 0 Å². The summed E-state index contributed by atoms with van der Waals surface area (Å²) in [5.74, 6) is 0.720. The van der Waals surface area contributed by atoms with Crippen LogP contribution >= 0.6 is 0 Å². The Morgan fingerprint density at radius 2 is 1.83 bits per heavy atom. The maximum atomic E-state index is 13.1. The second-order valence-electron chi connectivity index (χ2n) is 7.45. The third kappa shape index (κ3) is 4.13. The molecule has 2 N–H and O–H groups in total. The summed E-state index contributed by atoms with van der Waals surface area (Å²) in [7, 11) is 0. The molecule has 3 aromatic rings. The molecule has 0 aliphatic heterocycles. The molecule has 0 spiro atoms. The van der Waals surface area contributed by atoms with Crippen molar-refractivity contribution in [1.29, 1.82) is 0 Å². The lowest BCUT2D eigenvalue weighted by Gasteiger charge is -2.25. The third-order valence-corrected chi connectivity index (χ3v) is 5.48. The van der Waals surface area contributed by atoms with Crippen molar-refractivity contribution in [3.05, 3.63) is 66.0 Å². The Labute approximate surface area is 175 Å². The van der Waals surface area contributed by atoms with Gasteiger partial charge < -0.3 is 15.4 Å². The number of ether oxygens (including phenoxy) is 1. The molecule has 1 aromatic heterocycles. The Morgan fingerprint density at radius 1 is 1.03 bits per heavy atom. The molecule has 0 saturated heterocycles. The summed E-state index contributed by atoms with van der Waals surface area (Å²) in [5, 5.41) is 7.46. The number of pyridine rings is 1. The minimum Gasteiger partial charge on any atom is -0.493 e. The SMILES string of the molecule is CCOc1ccc(C(=O)Nc2cccnc2C(=O)NCC2CCC2)c2ccccc12. The van der Waals surface area contributed by atoms with Gasteiger partial charge in [0.25, 0.3) is 11.8 Å². The van der Waals surface area contributed by atoms with E-state index in [0.29, 0.717) is 30.3 Å². The molecule has 0 atom stereocenters. The van der Waals surface area contributed by atoms with E-state index in [0.717, 1.165) is 29.4 Å². The van der Waals surface area contributed by atoms with Gasteiger partial charge in [-0.15, -0.1) is 0 Å². The lowest BCUT2D eigenvalue weighted by molar-refractivity contribution is 0.0935. The van der Waals surface area contributed by atoms with Crippen LogP contribution < -0.4 is 15.4 Å². The van der Waals surface area contributed by atoms with Crippen LogP contribution in [0.3, 0.4) is 0 Å². The van der Waals surface area contributed by atoms with E-state index in [-0.39, 0.29) is 17.5 Å². The van der Waals surface area contributed by atoms with Crippen LogP contribution in [0.1, 0.15) is 47.0 Å². The maximum Gasteiger partial charge on any atom is 0.272 e. The van der Waals surface area contributed by atoms with E-state index in [1.165, 1.54) is 6.42 Å². The first kappa shape index (κ1) is 19.9. The van der Waals surface area contributed by atoms with Gasteiger partial charge in [0.15, 0.2) is 5.69 Å². The predicted molar refractivity (Wildman–Crippen MR) is 117 cm³/mol. The Hall–Kier alpha value is -3.41. The number of aromatic nitrogens is 1. The van der Waals surface area contributed by atoms with Gasteiger partial charge in [0.2, 0.25) is 0 Å². The monoisotopic (exact) mass is 403 g/mol. The zero-order valence-electron chi connectivity index (χ0n) is 17.0. The highest BCUT2D eigenvalue weighted by molar-refractivity contribution is 6.15. The zero-order chi connectivity index (χ0) is 20.9. The predicted octanol–water partition coefficient (Wildman–Crippen LogP) is 4.42. The molecule has 6 nitrogen and oxygen atoms in total. The van der Waals surface area contributed by atoms with Crippen molar-refractivity contribution >= 4 is 28.3 Å². The topological polar surface area (TPSA) is 80.3 Å². The summed E-state index contributed by atoms with van der Waals surface area (Å²) in [5.41, 5.74) is 1.13. The first-order chi connectivity index (χ1) is 14.7. The van der Waals surface area contributed by atoms with Gasteiger partial charge in [0.1, 0.15) is 5.75 Å². The van der Waals surface area contributed by atoms with Gasteiger partial charge in [-0.05, 0) is 55.3 Å². The van der Waals surface area contributed by atoms with Crippen LogP contribution in [0.15, 0.2) is 54.7 Å². The highest BCUT2D eigenvalue weighted by Crippen LogP contribution is 2.29. The molecule has 154 valence electrons. The third-order valence-electron chi connectivity index (χ3n) is 5.48. The molecule has 2 aromatic carbocycles. The van der Waals surface area contributed by atoms with Crippen LogP contribution in [0, 0.1) is 5.92 Å². The number of fused-ring (bicyclic) bond motifs is 1. The van der Waals surface area contributed by atoms with Gasteiger partial charge >= 0.3 is 0 Å². The molecule has 0 bridgehead atoms. The van der Waals surface area contributed by atoms with Gasteiger partial charge in [-0.3, -0.25) is 9.59 Å². The summed E-state index contributed by atoms with van der Waals surface area (Å²) in [6, 6.07) is 14.6. The molecule has 0 unspecified atom stereocenters. The van der Waals surface area contributed by atoms with Crippen molar-refractivity contribution < 1.29 is 14.3 Å². The molecule has 2 amide bonds. The second kappa shape index (κ2) is 8.95. The van der Waals surface area contributed by atoms with Gasteiger partial charge in [0, 0.05) is 23.7 Å². The van der Waals surface area contributed by atoms with Crippen molar-refractivity contribution in [3.63, 3.8) is 0 Å². The molecule has 6 heteroatoms. The fourth-order valence-corrected chi connectivity index (χ4v) is 3.65. The van der Waals surface area contributed by atoms with E-state index in [2.05, 4.69) is 15.6 Å². The lowest BCUT2D eigenvalue weighted by Crippen LogP contribution is -2.33. The van der Waals surface area contributed by atoms with Crippen LogP contribution in [0.5, 0.6) is 5.75 Å². The number of rotatable bonds is 7. The van der Waals surface area contributed by atoms with E-state index < -0.39 is 0 Å². The van der Waals surface area contributed by atoms with Crippen molar-refractivity contribution in [3.8, 4) is 5.75 Å². The fourth-order valence-electron chi connectivity index (χ4n) is 3.65. The molecule has 30 heavy (non-hydrogen) atoms. The van der Waals surface area contributed by atoms with Crippen molar-refractivity contribution in [2.75, 3.05) is 18.5 Å². The van der Waals surface area contributed by atoms with Gasteiger partial charge in [-0.2, -0.15) is 0 Å². The summed E-state index contributed by atoms with van der Waals surface area (Å²) >= 11 is 0. The Kier molecular flexibility index (Phi) is 5.93. The minimum absolute atomic E-state index is 0.223. The van der Waals surface area contributed by atoms with Crippen molar-refractivity contribution in [2.24, 2.45) is 5.92 Å². The van der Waals surface area contributed by atoms with Gasteiger partial charge in [-0.25, -0.2) is 4.98 Å². The average Bonchev–Trinajstić information content (AvgIpc) is 2.73. The Bertz CT molecular complexity index is 1080. The second-order valence-corrected chi connectivity index (χ2v) is 7.45. The normalized spacial score (nSPS) is 13.5. The number of hydrogen-bond acceptors (Lipinski definition) is 4. The first-order valence-corrected chi connectivity index (χ1v) is 10.4. The van der Waals surface area contributed by atoms with Crippen molar-refractivity contribution in [2.45, 2.75) is 26.2 Å². The molecular weight excluding hydrogens is 378 g/mol. The Balaban J connectivity index is 1.57. The van der Waals surface area contributed by atoms with E-state index in [4.69, 9.17) is 4.74 Å². The van der Waals surface area contributed by atoms with Gasteiger partial charge in [0.05, 0.1) is 12.3 Å². The van der Waals surface area contributed by atoms with Crippen LogP contribution in [0.25, 0.3) is 10.8 Å². The molecule has 1 aliphatic carbocycles. The number of benzene rings is 2. The van der Waals surface area contributed by atoms with E-state index in [9.17, 15) is 9.59 Å². The Morgan fingerprint density at radius 3 is 2.57 bits per heavy atom. The molecule has 4 rings (SSSR count). The number of carbonyl (C=O) groups excluding carboxylic acids is 2. The lowest BCUT2D eigenvalue weighted by atomic mass is 9.85. The number of amides is 2. The quantitative estimate of drug-likeness (QED) is 0.612. The first-order valence-electron chi connectivity index (χ1n) is 10.4.